The molecule has 29 heavy (non-hydrogen) atoms. The quantitative estimate of drug-likeness (QED) is 0.297. The average molecular weight is 390 g/mol. The molecule has 0 aliphatic heterocycles. The van der Waals surface area contributed by atoms with E-state index in [9.17, 15) is 0 Å². The summed E-state index contributed by atoms with van der Waals surface area (Å²) >= 11 is 0. The number of guanidine groups is 1. The van der Waals surface area contributed by atoms with E-state index in [1.807, 2.05) is 54.0 Å². The van der Waals surface area contributed by atoms with Crippen LogP contribution in [0.5, 0.6) is 0 Å². The Bertz CT molecular complexity index is 1080. The van der Waals surface area contributed by atoms with Crippen molar-refractivity contribution in [3.63, 3.8) is 0 Å². The Labute approximate surface area is 170 Å². The third-order valence-corrected chi connectivity index (χ3v) is 4.77. The molecule has 0 saturated carbocycles. The molecule has 0 spiro atoms. The minimum absolute atomic E-state index is 0.662. The van der Waals surface area contributed by atoms with Crippen molar-refractivity contribution >= 4 is 22.6 Å². The number of aryl methyl sites for hydroxylation is 1. The lowest BCUT2D eigenvalue weighted by molar-refractivity contribution is 0.412. The summed E-state index contributed by atoms with van der Waals surface area (Å²) in [6.07, 6.45) is 3.74. The van der Waals surface area contributed by atoms with Gasteiger partial charge in [0.1, 0.15) is 17.2 Å². The van der Waals surface area contributed by atoms with Crippen molar-refractivity contribution < 1.29 is 4.42 Å². The molecule has 4 aromatic rings. The Morgan fingerprint density at radius 2 is 2.03 bits per heavy atom. The summed E-state index contributed by atoms with van der Waals surface area (Å²) in [6, 6.07) is 16.1. The molecule has 0 fully saturated rings. The van der Waals surface area contributed by atoms with Gasteiger partial charge in [-0.1, -0.05) is 24.3 Å². The molecule has 7 nitrogen and oxygen atoms in total. The largest absolute Gasteiger partial charge is 0.459 e. The van der Waals surface area contributed by atoms with E-state index < -0.39 is 0 Å². The molecule has 0 radical (unpaired) electrons. The first-order chi connectivity index (χ1) is 14.2. The smallest absolute Gasteiger partial charge is 0.194 e. The summed E-state index contributed by atoms with van der Waals surface area (Å²) in [5.74, 6) is 2.77. The molecule has 0 bridgehead atoms. The van der Waals surface area contributed by atoms with E-state index in [2.05, 4.69) is 39.5 Å². The van der Waals surface area contributed by atoms with Gasteiger partial charge in [-0.05, 0) is 37.6 Å². The van der Waals surface area contributed by atoms with Crippen molar-refractivity contribution in [2.24, 2.45) is 4.99 Å². The van der Waals surface area contributed by atoms with Crippen LogP contribution in [-0.4, -0.2) is 45.6 Å². The number of aliphatic imine (C=N–C) groups is 1. The molecule has 0 aliphatic carbocycles. The van der Waals surface area contributed by atoms with Crippen LogP contribution in [0.15, 0.2) is 64.1 Å². The van der Waals surface area contributed by atoms with E-state index in [-0.39, 0.29) is 0 Å². The van der Waals surface area contributed by atoms with Gasteiger partial charge in [-0.2, -0.15) is 0 Å². The summed E-state index contributed by atoms with van der Waals surface area (Å²) in [6.45, 7) is 4.27. The van der Waals surface area contributed by atoms with Gasteiger partial charge in [-0.3, -0.25) is 9.39 Å². The van der Waals surface area contributed by atoms with Crippen LogP contribution in [0.25, 0.3) is 16.6 Å². The molecular formula is C22H26N6O. The second-order valence-corrected chi connectivity index (χ2v) is 6.99. The fourth-order valence-electron chi connectivity index (χ4n) is 3.38. The number of nitrogens with one attached hydrogen (secondary N) is 1. The highest BCUT2D eigenvalue weighted by Gasteiger charge is 2.10. The maximum atomic E-state index is 5.94. The number of para-hydroxylation sites is 1. The van der Waals surface area contributed by atoms with Crippen LogP contribution in [0.3, 0.4) is 0 Å². The molecule has 150 valence electrons. The van der Waals surface area contributed by atoms with Crippen LogP contribution < -0.4 is 5.32 Å². The number of furan rings is 1. The van der Waals surface area contributed by atoms with Gasteiger partial charge in [-0.25, -0.2) is 0 Å². The van der Waals surface area contributed by atoms with Gasteiger partial charge in [0.2, 0.25) is 0 Å². The highest BCUT2D eigenvalue weighted by atomic mass is 16.3. The number of benzene rings is 1. The third-order valence-electron chi connectivity index (χ3n) is 4.77. The predicted molar refractivity (Wildman–Crippen MR) is 115 cm³/mol. The number of hydrogen-bond donors (Lipinski definition) is 1. The number of aromatic nitrogens is 3. The summed E-state index contributed by atoms with van der Waals surface area (Å²) in [5.41, 5.74) is 1.79. The van der Waals surface area contributed by atoms with Crippen molar-refractivity contribution in [3.05, 3.63) is 66.3 Å². The first-order valence-electron chi connectivity index (χ1n) is 10.00. The second kappa shape index (κ2) is 8.77. The molecule has 3 heterocycles. The lowest BCUT2D eigenvalue weighted by Gasteiger charge is -2.20. The van der Waals surface area contributed by atoms with E-state index in [1.54, 1.807) is 0 Å². The van der Waals surface area contributed by atoms with E-state index >= 15 is 0 Å². The Morgan fingerprint density at radius 1 is 1.17 bits per heavy atom. The Kier molecular flexibility index (Phi) is 5.74. The Balaban J connectivity index is 1.37. The summed E-state index contributed by atoms with van der Waals surface area (Å²) in [4.78, 5) is 6.87. The highest BCUT2D eigenvalue weighted by Crippen LogP contribution is 2.19. The van der Waals surface area contributed by atoms with E-state index in [0.717, 1.165) is 53.5 Å². The molecule has 7 heteroatoms. The van der Waals surface area contributed by atoms with Gasteiger partial charge in [0.05, 0.1) is 6.54 Å². The number of rotatable bonds is 7. The van der Waals surface area contributed by atoms with Crippen LogP contribution in [0.1, 0.15) is 24.9 Å². The van der Waals surface area contributed by atoms with Crippen molar-refractivity contribution in [1.29, 1.82) is 0 Å². The zero-order chi connectivity index (χ0) is 20.1. The zero-order valence-electron chi connectivity index (χ0n) is 16.9. The van der Waals surface area contributed by atoms with Crippen LogP contribution >= 0.6 is 0 Å². The summed E-state index contributed by atoms with van der Waals surface area (Å²) in [7, 11) is 2.03. The third kappa shape index (κ3) is 4.39. The Hall–Kier alpha value is -3.35. The maximum Gasteiger partial charge on any atom is 0.194 e. The predicted octanol–water partition coefficient (Wildman–Crippen LogP) is 3.51. The lowest BCUT2D eigenvalue weighted by atomic mass is 10.2. The fraction of sp³-hybridized carbons (Fsp3) is 0.318. The zero-order valence-corrected chi connectivity index (χ0v) is 16.9. The topological polar surface area (TPSA) is 71.0 Å². The molecule has 0 aliphatic rings. The van der Waals surface area contributed by atoms with Gasteiger partial charge in [0.25, 0.3) is 0 Å². The van der Waals surface area contributed by atoms with Crippen molar-refractivity contribution in [3.8, 4) is 0 Å². The standard InChI is InChI=1S/C22H26N6O/c1-3-23-22(27(2)16-18-15-17-9-4-5-10-19(17)29-18)24-13-8-12-21-26-25-20-11-6-7-14-28(20)21/h4-7,9-11,14-15H,3,8,12-13,16H2,1-2H3,(H,23,24). The molecule has 3 aromatic heterocycles. The second-order valence-electron chi connectivity index (χ2n) is 6.99. The molecule has 4 rings (SSSR count). The monoisotopic (exact) mass is 390 g/mol. The van der Waals surface area contributed by atoms with Crippen molar-refractivity contribution in [2.45, 2.75) is 26.3 Å². The summed E-state index contributed by atoms with van der Waals surface area (Å²) < 4.78 is 7.97. The van der Waals surface area contributed by atoms with Crippen LogP contribution in [0.2, 0.25) is 0 Å². The Morgan fingerprint density at radius 3 is 2.90 bits per heavy atom. The van der Waals surface area contributed by atoms with Crippen LogP contribution in [0.4, 0.5) is 0 Å². The van der Waals surface area contributed by atoms with Gasteiger partial charge < -0.3 is 14.6 Å². The molecule has 1 N–H and O–H groups in total. The highest BCUT2D eigenvalue weighted by molar-refractivity contribution is 5.80. The molecule has 0 amide bonds. The maximum absolute atomic E-state index is 5.94. The molecule has 0 saturated heterocycles. The molecule has 1 aromatic carbocycles. The average Bonchev–Trinajstić information content (AvgIpc) is 3.33. The SMILES string of the molecule is CCNC(=NCCCc1nnc2ccccn12)N(C)Cc1cc2ccccc2o1. The van der Waals surface area contributed by atoms with E-state index in [0.29, 0.717) is 13.1 Å². The van der Waals surface area contributed by atoms with Crippen molar-refractivity contribution in [2.75, 3.05) is 20.1 Å². The van der Waals surface area contributed by atoms with E-state index in [4.69, 9.17) is 9.41 Å². The first kappa shape index (κ1) is 19.0. The van der Waals surface area contributed by atoms with Gasteiger partial charge >= 0.3 is 0 Å². The molecule has 0 atom stereocenters. The van der Waals surface area contributed by atoms with Gasteiger partial charge in [0, 0.05) is 38.1 Å². The molecule has 0 unspecified atom stereocenters. The van der Waals surface area contributed by atoms with E-state index in [1.165, 1.54) is 0 Å². The number of nitrogens with zero attached hydrogens (tertiary/aromatic N) is 5. The first-order valence-corrected chi connectivity index (χ1v) is 10.00. The minimum Gasteiger partial charge on any atom is -0.459 e. The number of fused-ring (bicyclic) bond motifs is 2. The summed E-state index contributed by atoms with van der Waals surface area (Å²) in [5, 5.41) is 13.0. The molecular weight excluding hydrogens is 364 g/mol. The van der Waals surface area contributed by atoms with Crippen molar-refractivity contribution in [1.82, 2.24) is 24.8 Å². The minimum atomic E-state index is 0.662. The van der Waals surface area contributed by atoms with Gasteiger partial charge in [0.15, 0.2) is 11.6 Å². The van der Waals surface area contributed by atoms with Gasteiger partial charge in [-0.15, -0.1) is 10.2 Å². The van der Waals surface area contributed by atoms with Crippen LogP contribution in [0, 0.1) is 0 Å². The number of hydrogen-bond acceptors (Lipinski definition) is 4. The lowest BCUT2D eigenvalue weighted by Crippen LogP contribution is -2.38. The van der Waals surface area contributed by atoms with Crippen LogP contribution in [-0.2, 0) is 13.0 Å². The fourth-order valence-corrected chi connectivity index (χ4v) is 3.38. The normalized spacial score (nSPS) is 12.0. The number of pyridine rings is 1.